The Bertz CT molecular complexity index is 938. The molecule has 6 nitrogen and oxygen atoms in total. The molecule has 29 heavy (non-hydrogen) atoms. The third kappa shape index (κ3) is 6.25. The minimum atomic E-state index is -3.68. The second-order valence-corrected chi connectivity index (χ2v) is 8.72. The molecule has 156 valence electrons. The highest BCUT2D eigenvalue weighted by Gasteiger charge is 2.18. The maximum atomic E-state index is 12.6. The van der Waals surface area contributed by atoms with Gasteiger partial charge in [0.15, 0.2) is 0 Å². The molecule has 2 aromatic carbocycles. The maximum absolute atomic E-state index is 12.6. The van der Waals surface area contributed by atoms with E-state index in [1.807, 2.05) is 19.0 Å². The first-order valence-electron chi connectivity index (χ1n) is 9.52. The van der Waals surface area contributed by atoms with Crippen molar-refractivity contribution in [2.45, 2.75) is 24.3 Å². The molecule has 0 saturated carbocycles. The zero-order valence-corrected chi connectivity index (χ0v) is 18.0. The molecule has 1 unspecified atom stereocenters. The minimum absolute atomic E-state index is 0.00558. The summed E-state index contributed by atoms with van der Waals surface area (Å²) in [5.41, 5.74) is 2.67. The van der Waals surface area contributed by atoms with Crippen LogP contribution in [0.5, 0.6) is 0 Å². The van der Waals surface area contributed by atoms with Gasteiger partial charge in [0.1, 0.15) is 0 Å². The number of nitrogens with zero attached hydrogens (tertiary/aromatic N) is 1. The standard InChI is InChI=1S/C22H29N3O3S/c1-5-14-24-29(27,28)20-9-7-8-19(15-20)22(26)23-16-21(25(3)4)18-12-10-17(6-2)11-13-18/h5,7-13,15,21,24H,1,6,14,16H2,2-4H3,(H,23,26). The molecule has 7 heteroatoms. The van der Waals surface area contributed by atoms with E-state index in [0.717, 1.165) is 12.0 Å². The van der Waals surface area contributed by atoms with Crippen LogP contribution in [0.4, 0.5) is 0 Å². The Kier molecular flexibility index (Phi) is 8.13. The highest BCUT2D eigenvalue weighted by atomic mass is 32.2. The van der Waals surface area contributed by atoms with Gasteiger partial charge in [0.2, 0.25) is 10.0 Å². The molecule has 1 atom stereocenters. The summed E-state index contributed by atoms with van der Waals surface area (Å²) >= 11 is 0. The van der Waals surface area contributed by atoms with Crippen LogP contribution < -0.4 is 10.0 Å². The Morgan fingerprint density at radius 3 is 2.45 bits per heavy atom. The van der Waals surface area contributed by atoms with Gasteiger partial charge in [-0.1, -0.05) is 43.3 Å². The molecule has 2 rings (SSSR count). The average Bonchev–Trinajstić information content (AvgIpc) is 2.72. The zero-order valence-electron chi connectivity index (χ0n) is 17.2. The van der Waals surface area contributed by atoms with Gasteiger partial charge in [-0.25, -0.2) is 13.1 Å². The molecule has 0 radical (unpaired) electrons. The number of amides is 1. The lowest BCUT2D eigenvalue weighted by Gasteiger charge is -2.25. The number of likely N-dealkylation sites (N-methyl/N-ethyl adjacent to an activating group) is 1. The lowest BCUT2D eigenvalue weighted by atomic mass is 10.0. The topological polar surface area (TPSA) is 78.5 Å². The van der Waals surface area contributed by atoms with Crippen molar-refractivity contribution in [3.05, 3.63) is 77.9 Å². The molecular formula is C22H29N3O3S. The number of hydrogen-bond donors (Lipinski definition) is 2. The minimum Gasteiger partial charge on any atom is -0.350 e. The number of nitrogens with one attached hydrogen (secondary N) is 2. The highest BCUT2D eigenvalue weighted by Crippen LogP contribution is 2.19. The lowest BCUT2D eigenvalue weighted by molar-refractivity contribution is 0.0941. The predicted octanol–water partition coefficient (Wildman–Crippen LogP) is 2.75. The van der Waals surface area contributed by atoms with E-state index in [1.165, 1.54) is 23.8 Å². The Hall–Kier alpha value is -2.48. The van der Waals surface area contributed by atoms with Crippen LogP contribution >= 0.6 is 0 Å². The summed E-state index contributed by atoms with van der Waals surface area (Å²) in [6.07, 6.45) is 2.44. The Labute approximate surface area is 173 Å². The smallest absolute Gasteiger partial charge is 0.251 e. The largest absolute Gasteiger partial charge is 0.350 e. The Morgan fingerprint density at radius 1 is 1.17 bits per heavy atom. The van der Waals surface area contributed by atoms with Crippen molar-refractivity contribution in [3.8, 4) is 0 Å². The molecular weight excluding hydrogens is 386 g/mol. The van der Waals surface area contributed by atoms with Crippen molar-refractivity contribution in [2.75, 3.05) is 27.2 Å². The molecule has 2 aromatic rings. The van der Waals surface area contributed by atoms with Gasteiger partial charge in [0.25, 0.3) is 5.91 Å². The van der Waals surface area contributed by atoms with Crippen molar-refractivity contribution in [3.63, 3.8) is 0 Å². The van der Waals surface area contributed by atoms with E-state index in [0.29, 0.717) is 12.1 Å². The van der Waals surface area contributed by atoms with Crippen LogP contribution in [0.15, 0.2) is 66.1 Å². The molecule has 0 fully saturated rings. The van der Waals surface area contributed by atoms with Crippen LogP contribution in [0.1, 0.15) is 34.5 Å². The lowest BCUT2D eigenvalue weighted by Crippen LogP contribution is -2.34. The van der Waals surface area contributed by atoms with Gasteiger partial charge in [-0.3, -0.25) is 4.79 Å². The molecule has 0 bridgehead atoms. The monoisotopic (exact) mass is 415 g/mol. The van der Waals surface area contributed by atoms with Crippen LogP contribution in [-0.4, -0.2) is 46.4 Å². The van der Waals surface area contributed by atoms with E-state index in [1.54, 1.807) is 12.1 Å². The average molecular weight is 416 g/mol. The van der Waals surface area contributed by atoms with Crippen LogP contribution in [-0.2, 0) is 16.4 Å². The normalized spacial score (nSPS) is 12.6. The molecule has 0 spiro atoms. The fourth-order valence-corrected chi connectivity index (χ4v) is 3.97. The van der Waals surface area contributed by atoms with Crippen molar-refractivity contribution in [1.82, 2.24) is 14.9 Å². The summed E-state index contributed by atoms with van der Waals surface area (Å²) in [4.78, 5) is 14.7. The van der Waals surface area contributed by atoms with Gasteiger partial charge in [-0.05, 0) is 49.8 Å². The third-order valence-electron chi connectivity index (χ3n) is 4.68. The van der Waals surface area contributed by atoms with Gasteiger partial charge >= 0.3 is 0 Å². The van der Waals surface area contributed by atoms with E-state index >= 15 is 0 Å². The van der Waals surface area contributed by atoms with Crippen molar-refractivity contribution in [1.29, 1.82) is 0 Å². The number of rotatable bonds is 10. The van der Waals surface area contributed by atoms with Gasteiger partial charge in [0, 0.05) is 18.7 Å². The second-order valence-electron chi connectivity index (χ2n) is 6.95. The summed E-state index contributed by atoms with van der Waals surface area (Å²) in [7, 11) is 0.240. The fourth-order valence-electron chi connectivity index (χ4n) is 2.92. The van der Waals surface area contributed by atoms with Crippen molar-refractivity contribution < 1.29 is 13.2 Å². The first-order valence-corrected chi connectivity index (χ1v) is 11.0. The van der Waals surface area contributed by atoms with Crippen LogP contribution in [0.2, 0.25) is 0 Å². The van der Waals surface area contributed by atoms with E-state index in [-0.39, 0.29) is 23.4 Å². The molecule has 0 heterocycles. The molecule has 0 aliphatic carbocycles. The van der Waals surface area contributed by atoms with Gasteiger partial charge in [0.05, 0.1) is 10.9 Å². The fraction of sp³-hybridized carbons (Fsp3) is 0.318. The first kappa shape index (κ1) is 22.8. The molecule has 0 aromatic heterocycles. The van der Waals surface area contributed by atoms with Crippen LogP contribution in [0.3, 0.4) is 0 Å². The quantitative estimate of drug-likeness (QED) is 0.585. The predicted molar refractivity (Wildman–Crippen MR) is 116 cm³/mol. The van der Waals surface area contributed by atoms with E-state index in [2.05, 4.69) is 47.8 Å². The number of carbonyl (C=O) groups is 1. The summed E-state index contributed by atoms with van der Waals surface area (Å²) in [5, 5.41) is 2.92. The molecule has 1 amide bonds. The maximum Gasteiger partial charge on any atom is 0.251 e. The Morgan fingerprint density at radius 2 is 1.86 bits per heavy atom. The van der Waals surface area contributed by atoms with Gasteiger partial charge in [-0.15, -0.1) is 6.58 Å². The van der Waals surface area contributed by atoms with Crippen molar-refractivity contribution >= 4 is 15.9 Å². The highest BCUT2D eigenvalue weighted by molar-refractivity contribution is 7.89. The van der Waals surface area contributed by atoms with Gasteiger partial charge < -0.3 is 10.2 Å². The zero-order chi connectivity index (χ0) is 21.4. The van der Waals surface area contributed by atoms with E-state index in [9.17, 15) is 13.2 Å². The summed E-state index contributed by atoms with van der Waals surface area (Å²) in [6.45, 7) is 6.14. The molecule has 0 aliphatic rings. The number of benzene rings is 2. The van der Waals surface area contributed by atoms with Crippen LogP contribution in [0, 0.1) is 0 Å². The number of hydrogen-bond acceptors (Lipinski definition) is 4. The summed E-state index contributed by atoms with van der Waals surface area (Å²) in [5.74, 6) is -0.317. The van der Waals surface area contributed by atoms with Crippen molar-refractivity contribution in [2.24, 2.45) is 0 Å². The SMILES string of the molecule is C=CCNS(=O)(=O)c1cccc(C(=O)NCC(c2ccc(CC)cc2)N(C)C)c1. The summed E-state index contributed by atoms with van der Waals surface area (Å²) < 4.78 is 26.9. The molecule has 0 saturated heterocycles. The number of sulfonamides is 1. The number of aryl methyl sites for hydroxylation is 1. The molecule has 2 N–H and O–H groups in total. The van der Waals surface area contributed by atoms with Gasteiger partial charge in [-0.2, -0.15) is 0 Å². The summed E-state index contributed by atoms with van der Waals surface area (Å²) in [6, 6.07) is 14.3. The molecule has 0 aliphatic heterocycles. The second kappa shape index (κ2) is 10.3. The van der Waals surface area contributed by atoms with Crippen LogP contribution in [0.25, 0.3) is 0 Å². The van der Waals surface area contributed by atoms with E-state index in [4.69, 9.17) is 0 Å². The third-order valence-corrected chi connectivity index (χ3v) is 6.10. The Balaban J connectivity index is 2.12. The first-order chi connectivity index (χ1) is 13.8. The number of carbonyl (C=O) groups excluding carboxylic acids is 1. The van der Waals surface area contributed by atoms with E-state index < -0.39 is 10.0 Å².